The molecule has 1 aromatic rings. The third-order valence-corrected chi connectivity index (χ3v) is 3.49. The van der Waals surface area contributed by atoms with Crippen LogP contribution in [0.4, 0.5) is 5.95 Å². The molecule has 1 N–H and O–H groups in total. The summed E-state index contributed by atoms with van der Waals surface area (Å²) < 4.78 is 1.06. The van der Waals surface area contributed by atoms with Crippen molar-refractivity contribution in [3.63, 3.8) is 0 Å². The maximum Gasteiger partial charge on any atom is 0.225 e. The van der Waals surface area contributed by atoms with Crippen molar-refractivity contribution in [3.05, 3.63) is 16.0 Å². The first-order valence-corrected chi connectivity index (χ1v) is 6.74. The van der Waals surface area contributed by atoms with Crippen LogP contribution in [0, 0.1) is 3.57 Å². The Morgan fingerprint density at radius 2 is 2.19 bits per heavy atom. The SMILES string of the molecule is OCCCC1CCCN1c1ncc(I)cn1. The van der Waals surface area contributed by atoms with Crippen LogP contribution in [0.5, 0.6) is 0 Å². The molecule has 88 valence electrons. The van der Waals surface area contributed by atoms with E-state index in [1.54, 1.807) is 0 Å². The Labute approximate surface area is 109 Å². The molecule has 0 spiro atoms. The summed E-state index contributed by atoms with van der Waals surface area (Å²) in [5.74, 6) is 0.834. The van der Waals surface area contributed by atoms with Gasteiger partial charge in [0.2, 0.25) is 5.95 Å². The number of rotatable bonds is 4. The van der Waals surface area contributed by atoms with Gasteiger partial charge < -0.3 is 10.0 Å². The summed E-state index contributed by atoms with van der Waals surface area (Å²) in [6, 6.07) is 0.507. The predicted molar refractivity (Wildman–Crippen MR) is 71.4 cm³/mol. The molecule has 0 bridgehead atoms. The van der Waals surface area contributed by atoms with Gasteiger partial charge in [0.15, 0.2) is 0 Å². The van der Waals surface area contributed by atoms with Crippen LogP contribution in [0.1, 0.15) is 25.7 Å². The lowest BCUT2D eigenvalue weighted by Gasteiger charge is -2.24. The van der Waals surface area contributed by atoms with Crippen molar-refractivity contribution in [1.82, 2.24) is 9.97 Å². The summed E-state index contributed by atoms with van der Waals surface area (Å²) in [7, 11) is 0. The average molecular weight is 333 g/mol. The normalized spacial score (nSPS) is 20.4. The van der Waals surface area contributed by atoms with Crippen molar-refractivity contribution < 1.29 is 5.11 Å². The Morgan fingerprint density at radius 3 is 2.88 bits per heavy atom. The van der Waals surface area contributed by atoms with E-state index in [0.29, 0.717) is 6.04 Å². The molecular weight excluding hydrogens is 317 g/mol. The van der Waals surface area contributed by atoms with Gasteiger partial charge in [-0.1, -0.05) is 0 Å². The first-order valence-electron chi connectivity index (χ1n) is 5.66. The molecule has 0 amide bonds. The van der Waals surface area contributed by atoms with E-state index in [1.807, 2.05) is 12.4 Å². The van der Waals surface area contributed by atoms with Crippen LogP contribution in [0.2, 0.25) is 0 Å². The van der Waals surface area contributed by atoms with E-state index in [-0.39, 0.29) is 6.61 Å². The summed E-state index contributed by atoms with van der Waals surface area (Å²) in [6.07, 6.45) is 7.99. The summed E-state index contributed by atoms with van der Waals surface area (Å²) in [4.78, 5) is 11.0. The monoisotopic (exact) mass is 333 g/mol. The first-order chi connectivity index (χ1) is 7.81. The third kappa shape index (κ3) is 2.82. The fourth-order valence-electron chi connectivity index (χ4n) is 2.18. The fraction of sp³-hybridized carbons (Fsp3) is 0.636. The molecule has 0 radical (unpaired) electrons. The fourth-order valence-corrected chi connectivity index (χ4v) is 2.46. The van der Waals surface area contributed by atoms with Gasteiger partial charge >= 0.3 is 0 Å². The second-order valence-electron chi connectivity index (χ2n) is 4.06. The maximum absolute atomic E-state index is 8.87. The van der Waals surface area contributed by atoms with Gasteiger partial charge in [0.05, 0.1) is 0 Å². The Hall–Kier alpha value is -0.430. The first kappa shape index (κ1) is 12.0. The smallest absolute Gasteiger partial charge is 0.225 e. The minimum atomic E-state index is 0.276. The molecule has 4 nitrogen and oxygen atoms in total. The van der Waals surface area contributed by atoms with Crippen LogP contribution < -0.4 is 4.90 Å². The molecule has 1 aliphatic rings. The Morgan fingerprint density at radius 1 is 1.44 bits per heavy atom. The van der Waals surface area contributed by atoms with E-state index in [1.165, 1.54) is 12.8 Å². The van der Waals surface area contributed by atoms with E-state index in [9.17, 15) is 0 Å². The highest BCUT2D eigenvalue weighted by Gasteiger charge is 2.25. The van der Waals surface area contributed by atoms with Gasteiger partial charge in [-0.05, 0) is 48.3 Å². The predicted octanol–water partition coefficient (Wildman–Crippen LogP) is 1.82. The summed E-state index contributed by atoms with van der Waals surface area (Å²) in [6.45, 7) is 1.31. The average Bonchev–Trinajstić information content (AvgIpc) is 2.75. The molecule has 1 saturated heterocycles. The van der Waals surface area contributed by atoms with E-state index in [4.69, 9.17) is 5.11 Å². The van der Waals surface area contributed by atoms with Gasteiger partial charge in [0, 0.05) is 35.2 Å². The molecule has 0 aliphatic carbocycles. The number of aromatic nitrogens is 2. The minimum absolute atomic E-state index is 0.276. The summed E-state index contributed by atoms with van der Waals surface area (Å²) in [5, 5.41) is 8.87. The zero-order valence-corrected chi connectivity index (χ0v) is 11.3. The van der Waals surface area contributed by atoms with Gasteiger partial charge in [0.25, 0.3) is 0 Å². The number of hydrogen-bond donors (Lipinski definition) is 1. The Bertz CT molecular complexity index is 331. The molecule has 2 rings (SSSR count). The molecule has 2 heterocycles. The largest absolute Gasteiger partial charge is 0.396 e. The van der Waals surface area contributed by atoms with Crippen molar-refractivity contribution in [1.29, 1.82) is 0 Å². The summed E-state index contributed by atoms with van der Waals surface area (Å²) in [5.41, 5.74) is 0. The molecule has 1 unspecified atom stereocenters. The number of aliphatic hydroxyl groups excluding tert-OH is 1. The second-order valence-corrected chi connectivity index (χ2v) is 5.30. The molecule has 5 heteroatoms. The molecular formula is C11H16IN3O. The number of aliphatic hydroxyl groups is 1. The quantitative estimate of drug-likeness (QED) is 0.854. The minimum Gasteiger partial charge on any atom is -0.396 e. The van der Waals surface area contributed by atoms with Crippen LogP contribution in [0.3, 0.4) is 0 Å². The van der Waals surface area contributed by atoms with Gasteiger partial charge in [0.1, 0.15) is 0 Å². The van der Waals surface area contributed by atoms with Crippen molar-refractivity contribution in [3.8, 4) is 0 Å². The zero-order valence-electron chi connectivity index (χ0n) is 9.14. The Kier molecular flexibility index (Phi) is 4.34. The van der Waals surface area contributed by atoms with Crippen LogP contribution in [-0.4, -0.2) is 34.3 Å². The molecule has 1 atom stereocenters. The van der Waals surface area contributed by atoms with Crippen LogP contribution in [-0.2, 0) is 0 Å². The van der Waals surface area contributed by atoms with E-state index in [2.05, 4.69) is 37.5 Å². The topological polar surface area (TPSA) is 49.2 Å². The number of halogens is 1. The molecule has 1 fully saturated rings. The summed E-state index contributed by atoms with van der Waals surface area (Å²) >= 11 is 2.21. The van der Waals surface area contributed by atoms with Gasteiger partial charge in [-0.25, -0.2) is 9.97 Å². The van der Waals surface area contributed by atoms with E-state index < -0.39 is 0 Å². The maximum atomic E-state index is 8.87. The van der Waals surface area contributed by atoms with Gasteiger partial charge in [-0.2, -0.15) is 0 Å². The third-order valence-electron chi connectivity index (χ3n) is 2.94. The van der Waals surface area contributed by atoms with Crippen molar-refractivity contribution in [2.24, 2.45) is 0 Å². The molecule has 0 saturated carbocycles. The highest BCUT2D eigenvalue weighted by molar-refractivity contribution is 14.1. The lowest BCUT2D eigenvalue weighted by molar-refractivity contribution is 0.279. The molecule has 0 aromatic carbocycles. The number of anilines is 1. The molecule has 1 aliphatic heterocycles. The second kappa shape index (κ2) is 5.77. The molecule has 1 aromatic heterocycles. The van der Waals surface area contributed by atoms with E-state index in [0.717, 1.165) is 28.9 Å². The van der Waals surface area contributed by atoms with Crippen molar-refractivity contribution >= 4 is 28.5 Å². The van der Waals surface area contributed by atoms with E-state index >= 15 is 0 Å². The Balaban J connectivity index is 2.04. The zero-order chi connectivity index (χ0) is 11.4. The van der Waals surface area contributed by atoms with Crippen LogP contribution in [0.15, 0.2) is 12.4 Å². The van der Waals surface area contributed by atoms with Crippen molar-refractivity contribution in [2.75, 3.05) is 18.1 Å². The van der Waals surface area contributed by atoms with Crippen LogP contribution >= 0.6 is 22.6 Å². The van der Waals surface area contributed by atoms with Crippen LogP contribution in [0.25, 0.3) is 0 Å². The van der Waals surface area contributed by atoms with Crippen molar-refractivity contribution in [2.45, 2.75) is 31.7 Å². The van der Waals surface area contributed by atoms with Gasteiger partial charge in [-0.15, -0.1) is 0 Å². The lowest BCUT2D eigenvalue weighted by atomic mass is 10.1. The molecule has 16 heavy (non-hydrogen) atoms. The highest BCUT2D eigenvalue weighted by Crippen LogP contribution is 2.25. The number of nitrogens with zero attached hydrogens (tertiary/aromatic N) is 3. The highest BCUT2D eigenvalue weighted by atomic mass is 127. The standard InChI is InChI=1S/C11H16IN3O/c12-9-7-13-11(14-8-9)15-5-1-3-10(15)4-2-6-16/h7-8,10,16H,1-6H2. The van der Waals surface area contributed by atoms with Gasteiger partial charge in [-0.3, -0.25) is 0 Å². The lowest BCUT2D eigenvalue weighted by Crippen LogP contribution is -2.30. The number of hydrogen-bond acceptors (Lipinski definition) is 4.